The van der Waals surface area contributed by atoms with Crippen molar-refractivity contribution in [1.29, 1.82) is 0 Å². The monoisotopic (exact) mass is 286 g/mol. The van der Waals surface area contributed by atoms with Gasteiger partial charge in [-0.2, -0.15) is 11.8 Å². The number of aliphatic hydroxyl groups is 1. The van der Waals surface area contributed by atoms with E-state index in [0.717, 1.165) is 34.0 Å². The molecular formula is C13H22N2OS2. The highest BCUT2D eigenvalue weighted by molar-refractivity contribution is 8.00. The average Bonchev–Trinajstić information content (AvgIpc) is 2.83. The molecule has 1 atom stereocenters. The standard InChI is InChI=1S/C13H22N2OS2/c1-4-10-7-15(5-6-17-10)13-14-12(9(2)3)11(8-16)18-13/h9-10,16H,4-8H2,1-3H3. The molecular weight excluding hydrogens is 264 g/mol. The molecule has 1 unspecified atom stereocenters. The third-order valence-corrected chi connectivity index (χ3v) is 5.76. The van der Waals surface area contributed by atoms with Crippen molar-refractivity contribution in [3.8, 4) is 0 Å². The lowest BCUT2D eigenvalue weighted by Crippen LogP contribution is -2.37. The van der Waals surface area contributed by atoms with Crippen molar-refractivity contribution in [2.75, 3.05) is 23.7 Å². The lowest BCUT2D eigenvalue weighted by molar-refractivity contribution is 0.283. The first-order chi connectivity index (χ1) is 8.65. The van der Waals surface area contributed by atoms with Gasteiger partial charge in [0.25, 0.3) is 0 Å². The predicted octanol–water partition coefficient (Wildman–Crippen LogP) is 3.09. The van der Waals surface area contributed by atoms with E-state index in [0.29, 0.717) is 5.92 Å². The van der Waals surface area contributed by atoms with E-state index in [4.69, 9.17) is 4.98 Å². The summed E-state index contributed by atoms with van der Waals surface area (Å²) in [6.45, 7) is 8.82. The van der Waals surface area contributed by atoms with E-state index in [1.54, 1.807) is 11.3 Å². The number of nitrogens with zero attached hydrogens (tertiary/aromatic N) is 2. The van der Waals surface area contributed by atoms with Crippen LogP contribution < -0.4 is 4.90 Å². The summed E-state index contributed by atoms with van der Waals surface area (Å²) in [5, 5.41) is 11.2. The quantitative estimate of drug-likeness (QED) is 0.923. The van der Waals surface area contributed by atoms with E-state index in [9.17, 15) is 5.11 Å². The summed E-state index contributed by atoms with van der Waals surface area (Å²) < 4.78 is 0. The van der Waals surface area contributed by atoms with Crippen molar-refractivity contribution in [3.63, 3.8) is 0 Å². The molecule has 0 bridgehead atoms. The molecule has 0 amide bonds. The van der Waals surface area contributed by atoms with Crippen LogP contribution in [-0.2, 0) is 6.61 Å². The molecule has 5 heteroatoms. The molecule has 1 aromatic rings. The highest BCUT2D eigenvalue weighted by Crippen LogP contribution is 2.33. The van der Waals surface area contributed by atoms with Gasteiger partial charge in [-0.1, -0.05) is 32.1 Å². The number of anilines is 1. The second kappa shape index (κ2) is 6.26. The summed E-state index contributed by atoms with van der Waals surface area (Å²) in [6.07, 6.45) is 1.22. The molecule has 0 radical (unpaired) electrons. The minimum atomic E-state index is 0.116. The molecule has 0 spiro atoms. The van der Waals surface area contributed by atoms with Crippen molar-refractivity contribution < 1.29 is 5.11 Å². The van der Waals surface area contributed by atoms with Gasteiger partial charge in [-0.05, 0) is 12.3 Å². The Bertz CT molecular complexity index is 392. The van der Waals surface area contributed by atoms with Crippen LogP contribution in [0, 0.1) is 0 Å². The second-order valence-electron chi connectivity index (χ2n) is 4.96. The molecule has 0 saturated carbocycles. The summed E-state index contributed by atoms with van der Waals surface area (Å²) in [6, 6.07) is 0. The van der Waals surface area contributed by atoms with E-state index in [2.05, 4.69) is 37.4 Å². The molecule has 2 rings (SSSR count). The number of aromatic nitrogens is 1. The zero-order valence-corrected chi connectivity index (χ0v) is 13.0. The Hall–Kier alpha value is -0.260. The normalized spacial score (nSPS) is 20.7. The molecule has 1 fully saturated rings. The van der Waals surface area contributed by atoms with E-state index in [1.165, 1.54) is 12.2 Å². The van der Waals surface area contributed by atoms with Gasteiger partial charge in [0.05, 0.1) is 17.2 Å². The largest absolute Gasteiger partial charge is 0.391 e. The van der Waals surface area contributed by atoms with Gasteiger partial charge in [0, 0.05) is 24.1 Å². The SMILES string of the molecule is CCC1CN(c2nc(C(C)C)c(CO)s2)CCS1. The van der Waals surface area contributed by atoms with Crippen LogP contribution in [-0.4, -0.2) is 34.2 Å². The highest BCUT2D eigenvalue weighted by atomic mass is 32.2. The summed E-state index contributed by atoms with van der Waals surface area (Å²) in [5.41, 5.74) is 1.07. The summed E-state index contributed by atoms with van der Waals surface area (Å²) in [4.78, 5) is 8.17. The van der Waals surface area contributed by atoms with Crippen molar-refractivity contribution in [1.82, 2.24) is 4.98 Å². The van der Waals surface area contributed by atoms with Crippen LogP contribution in [0.5, 0.6) is 0 Å². The summed E-state index contributed by atoms with van der Waals surface area (Å²) >= 11 is 3.73. The molecule has 0 aromatic carbocycles. The van der Waals surface area contributed by atoms with E-state index in [-0.39, 0.29) is 6.61 Å². The van der Waals surface area contributed by atoms with Gasteiger partial charge >= 0.3 is 0 Å². The Morgan fingerprint density at radius 2 is 2.28 bits per heavy atom. The molecule has 1 aliphatic rings. The first-order valence-corrected chi connectivity index (χ1v) is 8.49. The zero-order chi connectivity index (χ0) is 13.1. The van der Waals surface area contributed by atoms with Crippen LogP contribution in [0.25, 0.3) is 0 Å². The van der Waals surface area contributed by atoms with Crippen LogP contribution in [0.15, 0.2) is 0 Å². The first kappa shape index (κ1) is 14.2. The second-order valence-corrected chi connectivity index (χ2v) is 7.44. The van der Waals surface area contributed by atoms with Crippen molar-refractivity contribution in [2.24, 2.45) is 0 Å². The van der Waals surface area contributed by atoms with E-state index < -0.39 is 0 Å². The van der Waals surface area contributed by atoms with Crippen molar-refractivity contribution in [2.45, 2.75) is 45.0 Å². The number of aliphatic hydroxyl groups excluding tert-OH is 1. The van der Waals surface area contributed by atoms with Gasteiger partial charge in [-0.15, -0.1) is 0 Å². The van der Waals surface area contributed by atoms with E-state index in [1.807, 2.05) is 0 Å². The summed E-state index contributed by atoms with van der Waals surface area (Å²) in [5.74, 6) is 1.57. The van der Waals surface area contributed by atoms with Gasteiger partial charge in [0.15, 0.2) is 5.13 Å². The predicted molar refractivity (Wildman–Crippen MR) is 80.9 cm³/mol. The van der Waals surface area contributed by atoms with Gasteiger partial charge in [0.1, 0.15) is 0 Å². The number of thiazole rings is 1. The minimum Gasteiger partial charge on any atom is -0.391 e. The minimum absolute atomic E-state index is 0.116. The zero-order valence-electron chi connectivity index (χ0n) is 11.3. The fraction of sp³-hybridized carbons (Fsp3) is 0.769. The summed E-state index contributed by atoms with van der Waals surface area (Å²) in [7, 11) is 0. The molecule has 102 valence electrons. The van der Waals surface area contributed by atoms with Crippen molar-refractivity contribution in [3.05, 3.63) is 10.6 Å². The highest BCUT2D eigenvalue weighted by Gasteiger charge is 2.23. The Morgan fingerprint density at radius 1 is 1.50 bits per heavy atom. The molecule has 2 heterocycles. The first-order valence-electron chi connectivity index (χ1n) is 6.62. The maximum atomic E-state index is 9.42. The van der Waals surface area contributed by atoms with Crippen LogP contribution in [0.4, 0.5) is 5.13 Å². The lowest BCUT2D eigenvalue weighted by atomic mass is 10.1. The Kier molecular flexibility index (Phi) is 4.92. The fourth-order valence-corrected chi connectivity index (χ4v) is 4.48. The van der Waals surface area contributed by atoms with Crippen LogP contribution in [0.2, 0.25) is 0 Å². The fourth-order valence-electron chi connectivity index (χ4n) is 2.19. The third-order valence-electron chi connectivity index (χ3n) is 3.27. The van der Waals surface area contributed by atoms with Gasteiger partial charge in [0.2, 0.25) is 0 Å². The average molecular weight is 286 g/mol. The Labute approximate surface area is 118 Å². The number of hydrogen-bond acceptors (Lipinski definition) is 5. The molecule has 0 aliphatic carbocycles. The Balaban J connectivity index is 2.17. The van der Waals surface area contributed by atoms with Gasteiger partial charge in [-0.3, -0.25) is 0 Å². The van der Waals surface area contributed by atoms with Crippen LogP contribution in [0.3, 0.4) is 0 Å². The molecule has 18 heavy (non-hydrogen) atoms. The van der Waals surface area contributed by atoms with Gasteiger partial charge in [-0.25, -0.2) is 4.98 Å². The lowest BCUT2D eigenvalue weighted by Gasteiger charge is -2.31. The topological polar surface area (TPSA) is 36.4 Å². The van der Waals surface area contributed by atoms with Gasteiger partial charge < -0.3 is 10.0 Å². The molecule has 1 aromatic heterocycles. The maximum Gasteiger partial charge on any atom is 0.185 e. The molecule has 1 aliphatic heterocycles. The molecule has 1 N–H and O–H groups in total. The molecule has 1 saturated heterocycles. The third kappa shape index (κ3) is 3.00. The van der Waals surface area contributed by atoms with Crippen molar-refractivity contribution >= 4 is 28.2 Å². The maximum absolute atomic E-state index is 9.42. The van der Waals surface area contributed by atoms with E-state index >= 15 is 0 Å². The smallest absolute Gasteiger partial charge is 0.185 e. The number of thioether (sulfide) groups is 1. The number of rotatable bonds is 4. The molecule has 3 nitrogen and oxygen atoms in total. The van der Waals surface area contributed by atoms with Crippen LogP contribution in [0.1, 0.15) is 43.7 Å². The number of hydrogen-bond donors (Lipinski definition) is 1. The van der Waals surface area contributed by atoms with Crippen LogP contribution >= 0.6 is 23.1 Å². The Morgan fingerprint density at radius 3 is 2.83 bits per heavy atom.